The lowest BCUT2D eigenvalue weighted by Crippen LogP contribution is -2.51. The van der Waals surface area contributed by atoms with Crippen molar-refractivity contribution in [1.82, 2.24) is 30.2 Å². The number of carbonyl (C=O) groups is 5. The van der Waals surface area contributed by atoms with Crippen molar-refractivity contribution in [3.05, 3.63) is 84.4 Å². The lowest BCUT2D eigenvalue weighted by molar-refractivity contribution is -0.141. The van der Waals surface area contributed by atoms with Crippen LogP contribution in [-0.2, 0) is 48.2 Å². The van der Waals surface area contributed by atoms with Crippen LogP contribution in [0.5, 0.6) is 23.0 Å². The van der Waals surface area contributed by atoms with E-state index < -0.39 is 18.1 Å². The maximum absolute atomic E-state index is 13.5. The van der Waals surface area contributed by atoms with Gasteiger partial charge in [0.15, 0.2) is 11.6 Å². The molecule has 2 aliphatic carbocycles. The summed E-state index contributed by atoms with van der Waals surface area (Å²) in [6.07, 6.45) is 14.6. The maximum atomic E-state index is 13.5. The average Bonchev–Trinajstić information content (AvgIpc) is 4.08. The number of hydrogen-bond acceptors (Lipinski definition) is 12. The molecule has 428 valence electrons. The summed E-state index contributed by atoms with van der Waals surface area (Å²) in [5.74, 6) is 3.69. The summed E-state index contributed by atoms with van der Waals surface area (Å²) in [4.78, 5) is 66.2. The number of carbonyl (C=O) groups excluding carboxylic acids is 5. The van der Waals surface area contributed by atoms with E-state index >= 15 is 0 Å². The van der Waals surface area contributed by atoms with Crippen LogP contribution >= 0.6 is 0 Å². The topological polar surface area (TPSA) is 198 Å². The largest absolute Gasteiger partial charge is 0.496 e. The fraction of sp³-hybridized carbons (Fsp3) is 0.525. The third-order valence-electron chi connectivity index (χ3n) is 14.7. The highest BCUT2D eigenvalue weighted by molar-refractivity contribution is 5.92. The summed E-state index contributed by atoms with van der Waals surface area (Å²) in [6, 6.07) is 24.0. The van der Waals surface area contributed by atoms with Crippen LogP contribution in [0, 0.1) is 17.8 Å². The number of ether oxygens (including phenoxy) is 5. The van der Waals surface area contributed by atoms with Crippen molar-refractivity contribution in [2.24, 2.45) is 17.8 Å². The molecule has 2 N–H and O–H groups in total. The molecule has 2 aromatic heterocycles. The zero-order chi connectivity index (χ0) is 56.8. The highest BCUT2D eigenvalue weighted by Gasteiger charge is 2.33. The highest BCUT2D eigenvalue weighted by atomic mass is 16.5. The first-order chi connectivity index (χ1) is 38.2. The Morgan fingerprint density at radius 3 is 1.63 bits per heavy atom. The van der Waals surface area contributed by atoms with Gasteiger partial charge in [0.2, 0.25) is 24.6 Å². The number of rotatable bonds is 29. The molecule has 18 heteroatoms. The first-order valence-corrected chi connectivity index (χ1v) is 28.0. The van der Waals surface area contributed by atoms with E-state index in [4.69, 9.17) is 29.1 Å². The predicted octanol–water partition coefficient (Wildman–Crippen LogP) is 9.84. The standard InChI is InChI=1S/C31H46N4O6.C30H38N4O4/c1-22(2)20-35-25(31-26(39-3)15-10-16-27(31)40-4)18-28(33-35)34(21-36)24(17-29(37)32-19-30(38)41-5)14-9-13-23-11-7-6-8-12-23;1-21(2)19-34-25(29-26(37-3)14-9-15-27(29)38-4)18-28(32-34)33(20-35)24(30(36)31-23-12-8-13-23)17-16-22-10-6-5-7-11-22/h10,15-16,18,21-24H,6-9,11-14,17,19-20H2,1-5H3,(H,32,37);5-7,9-11,14-15,18,20-21,23-24H,8,12-13,16-17,19H2,1-4H3,(H,31,36)/t2*24-/m00/s1. The number of aryl methyl sites for hydroxylation is 1. The van der Waals surface area contributed by atoms with E-state index in [9.17, 15) is 24.0 Å². The summed E-state index contributed by atoms with van der Waals surface area (Å²) in [7, 11) is 7.72. The van der Waals surface area contributed by atoms with E-state index in [1.807, 2.05) is 88.2 Å². The fourth-order valence-corrected chi connectivity index (χ4v) is 10.4. The van der Waals surface area contributed by atoms with Crippen LogP contribution in [0.3, 0.4) is 0 Å². The van der Waals surface area contributed by atoms with Gasteiger partial charge in [-0.2, -0.15) is 10.2 Å². The summed E-state index contributed by atoms with van der Waals surface area (Å²) in [5.41, 5.74) is 4.13. The van der Waals surface area contributed by atoms with Crippen molar-refractivity contribution in [2.75, 3.05) is 51.9 Å². The van der Waals surface area contributed by atoms with Gasteiger partial charge >= 0.3 is 5.97 Å². The summed E-state index contributed by atoms with van der Waals surface area (Å²) < 4.78 is 31.1. The van der Waals surface area contributed by atoms with Gasteiger partial charge in [-0.15, -0.1) is 0 Å². The third-order valence-corrected chi connectivity index (χ3v) is 14.7. The quantitative estimate of drug-likeness (QED) is 0.0340. The van der Waals surface area contributed by atoms with E-state index in [2.05, 4.69) is 43.1 Å². The number of amides is 4. The van der Waals surface area contributed by atoms with Gasteiger partial charge in [-0.05, 0) is 86.1 Å². The van der Waals surface area contributed by atoms with E-state index in [1.165, 1.54) is 44.1 Å². The van der Waals surface area contributed by atoms with Gasteiger partial charge in [0.05, 0.1) is 58.1 Å². The van der Waals surface area contributed by atoms with Crippen LogP contribution in [-0.4, -0.2) is 110 Å². The molecule has 0 bridgehead atoms. The lowest BCUT2D eigenvalue weighted by atomic mass is 9.85. The zero-order valence-corrected chi connectivity index (χ0v) is 47.9. The molecular formula is C61H84N8O10. The van der Waals surface area contributed by atoms with Gasteiger partial charge in [0, 0.05) is 43.7 Å². The Morgan fingerprint density at radius 2 is 1.18 bits per heavy atom. The predicted molar refractivity (Wildman–Crippen MR) is 306 cm³/mol. The van der Waals surface area contributed by atoms with E-state index in [1.54, 1.807) is 33.3 Å². The minimum atomic E-state index is -0.692. The number of methoxy groups -OCH3 is 5. The molecule has 2 aliphatic rings. The van der Waals surface area contributed by atoms with Crippen molar-refractivity contribution >= 4 is 42.2 Å². The number of benzene rings is 3. The summed E-state index contributed by atoms with van der Waals surface area (Å²) in [6.45, 7) is 9.42. The van der Waals surface area contributed by atoms with Crippen LogP contribution in [0.15, 0.2) is 78.9 Å². The van der Waals surface area contributed by atoms with Gasteiger partial charge in [0.25, 0.3) is 0 Å². The Hall–Kier alpha value is -7.37. The molecule has 2 heterocycles. The Kier molecular flexibility index (Phi) is 23.6. The van der Waals surface area contributed by atoms with Crippen molar-refractivity contribution in [3.63, 3.8) is 0 Å². The smallest absolute Gasteiger partial charge is 0.325 e. The van der Waals surface area contributed by atoms with E-state index in [0.717, 1.165) is 73.0 Å². The average molecular weight is 1090 g/mol. The molecule has 0 radical (unpaired) electrons. The molecule has 5 aromatic rings. The Balaban J connectivity index is 0.000000256. The van der Waals surface area contributed by atoms with E-state index in [0.29, 0.717) is 78.8 Å². The van der Waals surface area contributed by atoms with Crippen molar-refractivity contribution < 1.29 is 47.7 Å². The Morgan fingerprint density at radius 1 is 0.658 bits per heavy atom. The molecule has 79 heavy (non-hydrogen) atoms. The molecule has 0 spiro atoms. The lowest BCUT2D eigenvalue weighted by Gasteiger charge is -2.31. The second kappa shape index (κ2) is 30.7. The maximum Gasteiger partial charge on any atom is 0.325 e. The molecule has 2 atom stereocenters. The summed E-state index contributed by atoms with van der Waals surface area (Å²) in [5, 5.41) is 15.5. The number of nitrogens with zero attached hydrogens (tertiary/aromatic N) is 6. The molecular weight excluding hydrogens is 1000 g/mol. The van der Waals surface area contributed by atoms with Crippen LogP contribution < -0.4 is 39.4 Å². The molecule has 0 unspecified atom stereocenters. The number of esters is 1. The molecule has 0 aliphatic heterocycles. The van der Waals surface area contributed by atoms with Gasteiger partial charge in [-0.3, -0.25) is 43.1 Å². The second-order valence-corrected chi connectivity index (χ2v) is 21.4. The molecule has 2 saturated carbocycles. The number of aromatic nitrogens is 4. The monoisotopic (exact) mass is 1090 g/mol. The Bertz CT molecular complexity index is 2690. The molecule has 18 nitrogen and oxygen atoms in total. The number of anilines is 2. The van der Waals surface area contributed by atoms with Crippen molar-refractivity contribution in [1.29, 1.82) is 0 Å². The van der Waals surface area contributed by atoms with Crippen LogP contribution in [0.25, 0.3) is 22.5 Å². The van der Waals surface area contributed by atoms with Gasteiger partial charge in [-0.25, -0.2) is 0 Å². The third kappa shape index (κ3) is 16.8. The second-order valence-electron chi connectivity index (χ2n) is 21.4. The highest BCUT2D eigenvalue weighted by Crippen LogP contribution is 2.42. The SMILES string of the molecule is COC(=O)CNC(=O)C[C@H](CCCC1CCCCC1)N(C=O)c1cc(-c2c(OC)cccc2OC)n(CC(C)C)n1.COc1cccc(OC)c1-c1cc(N(C=O)[C@@H](CCc2ccccc2)C(=O)NC2CCC2)nn1CC(C)C. The Labute approximate surface area is 466 Å². The normalized spacial score (nSPS) is 14.2. The first kappa shape index (κ1) is 60.9. The number of nitrogens with one attached hydrogen (secondary N) is 2. The zero-order valence-electron chi connectivity index (χ0n) is 47.9. The van der Waals surface area contributed by atoms with Crippen molar-refractivity contribution in [3.8, 4) is 45.5 Å². The number of hydrogen-bond donors (Lipinski definition) is 2. The van der Waals surface area contributed by atoms with Crippen LogP contribution in [0.4, 0.5) is 11.6 Å². The fourth-order valence-electron chi connectivity index (χ4n) is 10.4. The minimum Gasteiger partial charge on any atom is -0.496 e. The molecule has 3 aromatic carbocycles. The molecule has 2 fully saturated rings. The van der Waals surface area contributed by atoms with Gasteiger partial charge in [-0.1, -0.05) is 115 Å². The van der Waals surface area contributed by atoms with Crippen molar-refractivity contribution in [2.45, 2.75) is 149 Å². The molecule has 4 amide bonds. The van der Waals surface area contributed by atoms with Crippen LogP contribution in [0.2, 0.25) is 0 Å². The minimum absolute atomic E-state index is 0.0464. The van der Waals surface area contributed by atoms with Gasteiger partial charge in [0.1, 0.15) is 35.6 Å². The molecule has 0 saturated heterocycles. The molecule has 7 rings (SSSR count). The van der Waals surface area contributed by atoms with Crippen LogP contribution in [0.1, 0.15) is 117 Å². The van der Waals surface area contributed by atoms with E-state index in [-0.39, 0.29) is 36.7 Å². The summed E-state index contributed by atoms with van der Waals surface area (Å²) >= 11 is 0. The first-order valence-electron chi connectivity index (χ1n) is 28.0. The van der Waals surface area contributed by atoms with Gasteiger partial charge < -0.3 is 34.3 Å².